The van der Waals surface area contributed by atoms with Gasteiger partial charge in [-0.3, -0.25) is 4.79 Å². The lowest BCUT2D eigenvalue weighted by molar-refractivity contribution is 0.102. The van der Waals surface area contributed by atoms with Crippen molar-refractivity contribution >= 4 is 49.1 Å². The van der Waals surface area contributed by atoms with E-state index in [1.165, 1.54) is 0 Å². The predicted octanol–water partition coefficient (Wildman–Crippen LogP) is 4.35. The van der Waals surface area contributed by atoms with Crippen molar-refractivity contribution in [2.45, 2.75) is 6.92 Å². The Labute approximate surface area is 128 Å². The van der Waals surface area contributed by atoms with Crippen LogP contribution >= 0.6 is 31.9 Å². The van der Waals surface area contributed by atoms with E-state index in [9.17, 15) is 4.79 Å². The van der Waals surface area contributed by atoms with Crippen LogP contribution in [0.2, 0.25) is 0 Å². The summed E-state index contributed by atoms with van der Waals surface area (Å²) in [6.07, 6.45) is 0. The average Bonchev–Trinajstić information content (AvgIpc) is 2.32. The van der Waals surface area contributed by atoms with Crippen LogP contribution in [0.25, 0.3) is 0 Å². The number of anilines is 2. The van der Waals surface area contributed by atoms with Crippen molar-refractivity contribution in [3.63, 3.8) is 0 Å². The molecule has 0 aliphatic carbocycles. The smallest absolute Gasteiger partial charge is 0.255 e. The number of nitrogens with one attached hydrogen (secondary N) is 1. The van der Waals surface area contributed by atoms with Gasteiger partial charge in [0.1, 0.15) is 0 Å². The summed E-state index contributed by atoms with van der Waals surface area (Å²) in [5, 5.41) is 2.88. The van der Waals surface area contributed by atoms with E-state index in [0.29, 0.717) is 11.3 Å². The maximum atomic E-state index is 12.2. The molecule has 2 aromatic rings. The standard InChI is InChI=1S/C14H12Br2N2O/c1-8-2-3-10(15)7-13(8)18-14(19)9-4-11(16)6-12(17)5-9/h2-7H,17H2,1H3,(H,18,19). The van der Waals surface area contributed by atoms with Gasteiger partial charge in [-0.15, -0.1) is 0 Å². The molecule has 0 aromatic heterocycles. The van der Waals surface area contributed by atoms with Crippen molar-refractivity contribution in [1.29, 1.82) is 0 Å². The molecule has 0 unspecified atom stereocenters. The zero-order chi connectivity index (χ0) is 14.0. The maximum absolute atomic E-state index is 12.2. The van der Waals surface area contributed by atoms with Gasteiger partial charge >= 0.3 is 0 Å². The molecule has 0 radical (unpaired) electrons. The van der Waals surface area contributed by atoms with Crippen molar-refractivity contribution in [3.8, 4) is 0 Å². The maximum Gasteiger partial charge on any atom is 0.255 e. The van der Waals surface area contributed by atoms with E-state index in [0.717, 1.165) is 20.2 Å². The second kappa shape index (κ2) is 5.75. The van der Waals surface area contributed by atoms with Gasteiger partial charge in [0.15, 0.2) is 0 Å². The number of amides is 1. The predicted molar refractivity (Wildman–Crippen MR) is 85.4 cm³/mol. The molecule has 3 N–H and O–H groups in total. The molecule has 0 fully saturated rings. The van der Waals surface area contributed by atoms with Crippen LogP contribution in [0.3, 0.4) is 0 Å². The topological polar surface area (TPSA) is 55.1 Å². The van der Waals surface area contributed by atoms with E-state index < -0.39 is 0 Å². The lowest BCUT2D eigenvalue weighted by Gasteiger charge is -2.09. The molecule has 0 aliphatic rings. The summed E-state index contributed by atoms with van der Waals surface area (Å²) in [4.78, 5) is 12.2. The summed E-state index contributed by atoms with van der Waals surface area (Å²) < 4.78 is 1.70. The Kier molecular flexibility index (Phi) is 4.27. The van der Waals surface area contributed by atoms with Crippen molar-refractivity contribution in [3.05, 3.63) is 56.5 Å². The third-order valence-electron chi connectivity index (χ3n) is 2.63. The number of halogens is 2. The van der Waals surface area contributed by atoms with Gasteiger partial charge in [-0.25, -0.2) is 0 Å². The zero-order valence-electron chi connectivity index (χ0n) is 10.2. The number of hydrogen-bond acceptors (Lipinski definition) is 2. The van der Waals surface area contributed by atoms with Gasteiger partial charge in [0.05, 0.1) is 0 Å². The van der Waals surface area contributed by atoms with Crippen molar-refractivity contribution < 1.29 is 4.79 Å². The van der Waals surface area contributed by atoms with Gasteiger partial charge in [-0.1, -0.05) is 37.9 Å². The lowest BCUT2D eigenvalue weighted by Crippen LogP contribution is -2.13. The van der Waals surface area contributed by atoms with Gasteiger partial charge in [-0.05, 0) is 42.8 Å². The Morgan fingerprint density at radius 3 is 2.53 bits per heavy atom. The van der Waals surface area contributed by atoms with Crippen LogP contribution in [-0.2, 0) is 0 Å². The third kappa shape index (κ3) is 3.58. The van der Waals surface area contributed by atoms with E-state index in [2.05, 4.69) is 37.2 Å². The Balaban J connectivity index is 2.28. The highest BCUT2D eigenvalue weighted by atomic mass is 79.9. The summed E-state index contributed by atoms with van der Waals surface area (Å²) in [5.74, 6) is -0.186. The molecule has 2 aromatic carbocycles. The Hall–Kier alpha value is -1.33. The summed E-state index contributed by atoms with van der Waals surface area (Å²) in [6, 6.07) is 10.9. The number of aryl methyl sites for hydroxylation is 1. The minimum Gasteiger partial charge on any atom is -0.399 e. The summed E-state index contributed by atoms with van der Waals surface area (Å²) >= 11 is 6.71. The Bertz CT molecular complexity index is 621. The fourth-order valence-electron chi connectivity index (χ4n) is 1.67. The van der Waals surface area contributed by atoms with Gasteiger partial charge < -0.3 is 11.1 Å². The fraction of sp³-hybridized carbons (Fsp3) is 0.0714. The third-order valence-corrected chi connectivity index (χ3v) is 3.58. The lowest BCUT2D eigenvalue weighted by atomic mass is 10.1. The van der Waals surface area contributed by atoms with E-state index >= 15 is 0 Å². The molecule has 5 heteroatoms. The van der Waals surface area contributed by atoms with E-state index in [-0.39, 0.29) is 5.91 Å². The van der Waals surface area contributed by atoms with Gasteiger partial charge in [0.25, 0.3) is 5.91 Å². The first kappa shape index (κ1) is 14.1. The van der Waals surface area contributed by atoms with Crippen LogP contribution in [-0.4, -0.2) is 5.91 Å². The number of nitrogen functional groups attached to an aromatic ring is 1. The molecule has 2 rings (SSSR count). The molecular formula is C14H12Br2N2O. The summed E-state index contributed by atoms with van der Waals surface area (Å²) in [5.41, 5.74) is 8.57. The minimum absolute atomic E-state index is 0.186. The van der Waals surface area contributed by atoms with E-state index in [1.54, 1.807) is 18.2 Å². The Morgan fingerprint density at radius 2 is 1.84 bits per heavy atom. The highest BCUT2D eigenvalue weighted by Crippen LogP contribution is 2.22. The first-order chi connectivity index (χ1) is 8.95. The fourth-order valence-corrected chi connectivity index (χ4v) is 2.54. The highest BCUT2D eigenvalue weighted by Gasteiger charge is 2.09. The normalized spacial score (nSPS) is 10.3. The van der Waals surface area contributed by atoms with Crippen LogP contribution in [0.4, 0.5) is 11.4 Å². The van der Waals surface area contributed by atoms with Gasteiger partial charge in [-0.2, -0.15) is 0 Å². The number of rotatable bonds is 2. The average molecular weight is 384 g/mol. The van der Waals surface area contributed by atoms with Crippen molar-refractivity contribution in [1.82, 2.24) is 0 Å². The second-order valence-electron chi connectivity index (χ2n) is 4.19. The first-order valence-electron chi connectivity index (χ1n) is 5.59. The van der Waals surface area contributed by atoms with Crippen molar-refractivity contribution in [2.75, 3.05) is 11.1 Å². The van der Waals surface area contributed by atoms with Crippen LogP contribution in [0.15, 0.2) is 45.3 Å². The number of carbonyl (C=O) groups is 1. The van der Waals surface area contributed by atoms with E-state index in [1.807, 2.05) is 25.1 Å². The molecule has 1 amide bonds. The molecule has 19 heavy (non-hydrogen) atoms. The number of benzene rings is 2. The van der Waals surface area contributed by atoms with Crippen molar-refractivity contribution in [2.24, 2.45) is 0 Å². The van der Waals surface area contributed by atoms with Gasteiger partial charge in [0, 0.05) is 25.9 Å². The van der Waals surface area contributed by atoms with Crippen LogP contribution in [0.1, 0.15) is 15.9 Å². The molecular weight excluding hydrogens is 372 g/mol. The number of nitrogens with two attached hydrogens (primary N) is 1. The van der Waals surface area contributed by atoms with Gasteiger partial charge in [0.2, 0.25) is 0 Å². The summed E-state index contributed by atoms with van der Waals surface area (Å²) in [6.45, 7) is 1.94. The monoisotopic (exact) mass is 382 g/mol. The molecule has 0 heterocycles. The largest absolute Gasteiger partial charge is 0.399 e. The first-order valence-corrected chi connectivity index (χ1v) is 7.18. The number of carbonyl (C=O) groups excluding carboxylic acids is 1. The summed E-state index contributed by atoms with van der Waals surface area (Å²) in [7, 11) is 0. The molecule has 0 spiro atoms. The Morgan fingerprint density at radius 1 is 1.11 bits per heavy atom. The van der Waals surface area contributed by atoms with E-state index in [4.69, 9.17) is 5.73 Å². The van der Waals surface area contributed by atoms with Crippen LogP contribution in [0.5, 0.6) is 0 Å². The quantitative estimate of drug-likeness (QED) is 0.757. The molecule has 0 aliphatic heterocycles. The van der Waals surface area contributed by atoms with Crippen LogP contribution < -0.4 is 11.1 Å². The second-order valence-corrected chi connectivity index (χ2v) is 6.02. The molecule has 0 saturated heterocycles. The van der Waals surface area contributed by atoms with Crippen LogP contribution in [0, 0.1) is 6.92 Å². The molecule has 0 saturated carbocycles. The molecule has 0 atom stereocenters. The SMILES string of the molecule is Cc1ccc(Br)cc1NC(=O)c1cc(N)cc(Br)c1. The molecule has 98 valence electrons. The number of hydrogen-bond donors (Lipinski definition) is 2. The molecule has 0 bridgehead atoms. The molecule has 3 nitrogen and oxygen atoms in total. The zero-order valence-corrected chi connectivity index (χ0v) is 13.4. The minimum atomic E-state index is -0.186. The highest BCUT2D eigenvalue weighted by molar-refractivity contribution is 9.10.